The van der Waals surface area contributed by atoms with E-state index in [1.54, 1.807) is 7.11 Å². The van der Waals surface area contributed by atoms with Crippen LogP contribution in [0.25, 0.3) is 0 Å². The van der Waals surface area contributed by atoms with Crippen molar-refractivity contribution < 1.29 is 4.74 Å². The summed E-state index contributed by atoms with van der Waals surface area (Å²) in [6.07, 6.45) is 1.95. The van der Waals surface area contributed by atoms with Crippen molar-refractivity contribution in [1.29, 1.82) is 0 Å². The quantitative estimate of drug-likeness (QED) is 0.903. The van der Waals surface area contributed by atoms with Crippen molar-refractivity contribution in [2.75, 3.05) is 12.4 Å². The Morgan fingerprint density at radius 1 is 1.39 bits per heavy atom. The van der Waals surface area contributed by atoms with Gasteiger partial charge in [0.1, 0.15) is 11.6 Å². The number of aromatic nitrogens is 2. The molecule has 0 unspecified atom stereocenters. The van der Waals surface area contributed by atoms with E-state index in [9.17, 15) is 0 Å². The molecule has 0 radical (unpaired) electrons. The van der Waals surface area contributed by atoms with Crippen molar-refractivity contribution in [1.82, 2.24) is 9.78 Å². The molecule has 0 aliphatic carbocycles. The number of anilines is 1. The molecule has 0 fully saturated rings. The molecule has 1 heterocycles. The number of aryl methyl sites for hydroxylation is 1. The first kappa shape index (κ1) is 12.8. The Hall–Kier alpha value is -1.68. The molecule has 0 aliphatic heterocycles. The second kappa shape index (κ2) is 5.78. The fraction of sp³-hybridized carbons (Fsp3) is 0.308. The molecule has 0 bridgehead atoms. The highest BCUT2D eigenvalue weighted by atomic mass is 35.5. The van der Waals surface area contributed by atoms with Gasteiger partial charge in [-0.1, -0.05) is 17.7 Å². The van der Waals surface area contributed by atoms with Crippen LogP contribution in [0.4, 0.5) is 5.82 Å². The van der Waals surface area contributed by atoms with E-state index in [1.165, 1.54) is 0 Å². The Balaban J connectivity index is 1.99. The van der Waals surface area contributed by atoms with Gasteiger partial charge in [-0.05, 0) is 24.6 Å². The van der Waals surface area contributed by atoms with Crippen LogP contribution in [-0.2, 0) is 13.1 Å². The van der Waals surface area contributed by atoms with Crippen molar-refractivity contribution in [3.63, 3.8) is 0 Å². The van der Waals surface area contributed by atoms with Crippen LogP contribution in [0.5, 0.6) is 5.75 Å². The third kappa shape index (κ3) is 2.96. The van der Waals surface area contributed by atoms with E-state index in [0.717, 1.165) is 17.9 Å². The van der Waals surface area contributed by atoms with Gasteiger partial charge in [-0.3, -0.25) is 4.68 Å². The van der Waals surface area contributed by atoms with Crippen molar-refractivity contribution >= 4 is 17.4 Å². The van der Waals surface area contributed by atoms with E-state index < -0.39 is 0 Å². The van der Waals surface area contributed by atoms with Crippen LogP contribution in [0.2, 0.25) is 5.02 Å². The molecule has 4 nitrogen and oxygen atoms in total. The lowest BCUT2D eigenvalue weighted by molar-refractivity contribution is 0.415. The maximum atomic E-state index is 6.07. The van der Waals surface area contributed by atoms with Gasteiger partial charge in [0.25, 0.3) is 0 Å². The molecular weight excluding hydrogens is 250 g/mol. The van der Waals surface area contributed by atoms with Crippen LogP contribution in [0.3, 0.4) is 0 Å². The summed E-state index contributed by atoms with van der Waals surface area (Å²) in [6.45, 7) is 3.61. The van der Waals surface area contributed by atoms with Gasteiger partial charge in [0.05, 0.1) is 12.1 Å². The van der Waals surface area contributed by atoms with Crippen molar-refractivity contribution in [3.05, 3.63) is 41.0 Å². The molecule has 5 heteroatoms. The topological polar surface area (TPSA) is 39.1 Å². The molecule has 0 spiro atoms. The first-order valence-corrected chi connectivity index (χ1v) is 6.20. The molecule has 0 saturated carbocycles. The van der Waals surface area contributed by atoms with E-state index in [2.05, 4.69) is 17.3 Å². The van der Waals surface area contributed by atoms with Gasteiger partial charge in [-0.2, -0.15) is 5.10 Å². The van der Waals surface area contributed by atoms with Crippen molar-refractivity contribution in [3.8, 4) is 5.75 Å². The second-order valence-electron chi connectivity index (χ2n) is 3.88. The minimum Gasteiger partial charge on any atom is -0.495 e. The fourth-order valence-corrected chi connectivity index (χ4v) is 1.92. The highest BCUT2D eigenvalue weighted by molar-refractivity contribution is 6.32. The molecular formula is C13H16ClN3O. The van der Waals surface area contributed by atoms with Gasteiger partial charge >= 0.3 is 0 Å². The molecule has 2 aromatic rings. The number of halogens is 1. The third-order valence-corrected chi connectivity index (χ3v) is 2.95. The lowest BCUT2D eigenvalue weighted by Crippen LogP contribution is -2.02. The zero-order valence-electron chi connectivity index (χ0n) is 10.5. The largest absolute Gasteiger partial charge is 0.495 e. The van der Waals surface area contributed by atoms with Crippen LogP contribution in [0, 0.1) is 0 Å². The maximum Gasteiger partial charge on any atom is 0.148 e. The summed E-state index contributed by atoms with van der Waals surface area (Å²) in [7, 11) is 1.61. The number of nitrogens with one attached hydrogen (secondary N) is 1. The fourth-order valence-electron chi connectivity index (χ4n) is 1.64. The molecule has 96 valence electrons. The standard InChI is InChI=1S/C13H16ClN3O/c1-3-17-7-6-13(16-17)15-9-10-4-5-12(18-2)11(14)8-10/h4-8H,3,9H2,1-2H3,(H,15,16). The maximum absolute atomic E-state index is 6.07. The van der Waals surface area contributed by atoms with E-state index in [-0.39, 0.29) is 0 Å². The van der Waals surface area contributed by atoms with Crippen LogP contribution in [0.15, 0.2) is 30.5 Å². The number of hydrogen-bond acceptors (Lipinski definition) is 3. The van der Waals surface area contributed by atoms with E-state index in [0.29, 0.717) is 17.3 Å². The van der Waals surface area contributed by atoms with Crippen LogP contribution >= 0.6 is 11.6 Å². The smallest absolute Gasteiger partial charge is 0.148 e. The second-order valence-corrected chi connectivity index (χ2v) is 4.29. The third-order valence-electron chi connectivity index (χ3n) is 2.65. The van der Waals surface area contributed by atoms with Gasteiger partial charge in [-0.15, -0.1) is 0 Å². The molecule has 1 aromatic carbocycles. The average Bonchev–Trinajstić information content (AvgIpc) is 2.84. The van der Waals surface area contributed by atoms with E-state index >= 15 is 0 Å². The Morgan fingerprint density at radius 3 is 2.83 bits per heavy atom. The van der Waals surface area contributed by atoms with Gasteiger partial charge < -0.3 is 10.1 Å². The zero-order valence-corrected chi connectivity index (χ0v) is 11.2. The highest BCUT2D eigenvalue weighted by Gasteiger charge is 2.02. The lowest BCUT2D eigenvalue weighted by atomic mass is 10.2. The Bertz CT molecular complexity index is 525. The molecule has 0 saturated heterocycles. The molecule has 0 aliphatic rings. The predicted octanol–water partition coefficient (Wildman–Crippen LogP) is 3.18. The average molecular weight is 266 g/mol. The first-order chi connectivity index (χ1) is 8.72. The Labute approximate surface area is 112 Å². The van der Waals surface area contributed by atoms with Gasteiger partial charge in [0.2, 0.25) is 0 Å². The number of ether oxygens (including phenoxy) is 1. The first-order valence-electron chi connectivity index (χ1n) is 5.82. The van der Waals surface area contributed by atoms with Crippen LogP contribution < -0.4 is 10.1 Å². The van der Waals surface area contributed by atoms with Crippen molar-refractivity contribution in [2.45, 2.75) is 20.0 Å². The summed E-state index contributed by atoms with van der Waals surface area (Å²) in [5.41, 5.74) is 1.09. The minimum atomic E-state index is 0.621. The summed E-state index contributed by atoms with van der Waals surface area (Å²) in [6, 6.07) is 7.69. The van der Waals surface area contributed by atoms with Crippen LogP contribution in [0.1, 0.15) is 12.5 Å². The number of nitrogens with zero attached hydrogens (tertiary/aromatic N) is 2. The number of rotatable bonds is 5. The van der Waals surface area contributed by atoms with Gasteiger partial charge in [-0.25, -0.2) is 0 Å². The summed E-state index contributed by atoms with van der Waals surface area (Å²) < 4.78 is 6.99. The normalized spacial score (nSPS) is 10.4. The Morgan fingerprint density at radius 2 is 2.22 bits per heavy atom. The highest BCUT2D eigenvalue weighted by Crippen LogP contribution is 2.25. The number of benzene rings is 1. The summed E-state index contributed by atoms with van der Waals surface area (Å²) in [5, 5.41) is 8.22. The van der Waals surface area contributed by atoms with E-state index in [4.69, 9.17) is 16.3 Å². The lowest BCUT2D eigenvalue weighted by Gasteiger charge is -2.07. The predicted molar refractivity (Wildman–Crippen MR) is 73.2 cm³/mol. The molecule has 18 heavy (non-hydrogen) atoms. The van der Waals surface area contributed by atoms with Crippen LogP contribution in [-0.4, -0.2) is 16.9 Å². The zero-order chi connectivity index (χ0) is 13.0. The summed E-state index contributed by atoms with van der Waals surface area (Å²) >= 11 is 6.07. The van der Waals surface area contributed by atoms with Gasteiger partial charge in [0, 0.05) is 25.4 Å². The summed E-state index contributed by atoms with van der Waals surface area (Å²) in [5.74, 6) is 1.56. The SMILES string of the molecule is CCn1ccc(NCc2ccc(OC)c(Cl)c2)n1. The summed E-state index contributed by atoms with van der Waals surface area (Å²) in [4.78, 5) is 0. The monoisotopic (exact) mass is 265 g/mol. The molecule has 1 N–H and O–H groups in total. The number of hydrogen-bond donors (Lipinski definition) is 1. The number of methoxy groups -OCH3 is 1. The molecule has 0 amide bonds. The van der Waals surface area contributed by atoms with Crippen molar-refractivity contribution in [2.24, 2.45) is 0 Å². The Kier molecular flexibility index (Phi) is 4.10. The minimum absolute atomic E-state index is 0.621. The van der Waals surface area contributed by atoms with Gasteiger partial charge in [0.15, 0.2) is 0 Å². The molecule has 0 atom stereocenters. The molecule has 1 aromatic heterocycles. The molecule has 2 rings (SSSR count). The van der Waals surface area contributed by atoms with E-state index in [1.807, 2.05) is 35.1 Å².